The molecule has 0 saturated heterocycles. The highest BCUT2D eigenvalue weighted by molar-refractivity contribution is 5.71. The molecule has 0 atom stereocenters. The van der Waals surface area contributed by atoms with Crippen molar-refractivity contribution in [1.29, 1.82) is 0 Å². The molecule has 0 aromatic carbocycles. The Bertz CT molecular complexity index is 426. The Labute approximate surface area is 178 Å². The lowest BCUT2D eigenvalue weighted by molar-refractivity contribution is -0.167. The Hall–Kier alpha value is -1.71. The van der Waals surface area contributed by atoms with Crippen LogP contribution in [-0.4, -0.2) is 72.4 Å². The van der Waals surface area contributed by atoms with E-state index in [9.17, 15) is 14.4 Å². The minimum atomic E-state index is -0.877. The summed E-state index contributed by atoms with van der Waals surface area (Å²) in [6.07, 6.45) is 5.43. The van der Waals surface area contributed by atoms with Gasteiger partial charge < -0.3 is 29.5 Å². The van der Waals surface area contributed by atoms with Crippen molar-refractivity contribution >= 4 is 17.9 Å². The number of aliphatic hydroxyl groups excluding tert-OH is 3. The van der Waals surface area contributed by atoms with Crippen LogP contribution < -0.4 is 0 Å². The first kappa shape index (κ1) is 28.3. The molecule has 0 aromatic rings. The number of ether oxygens (including phenoxy) is 3. The normalized spacial score (nSPS) is 10.8. The van der Waals surface area contributed by atoms with Crippen molar-refractivity contribution in [3.8, 4) is 0 Å². The third kappa shape index (κ3) is 18.3. The molecule has 0 rings (SSSR count). The van der Waals surface area contributed by atoms with Crippen LogP contribution in [0.15, 0.2) is 0 Å². The fraction of sp³-hybridized carbons (Fsp3) is 0.857. The van der Waals surface area contributed by atoms with Gasteiger partial charge in [-0.3, -0.25) is 14.4 Å². The predicted octanol–water partition coefficient (Wildman–Crippen LogP) is 1.64. The van der Waals surface area contributed by atoms with E-state index in [1.165, 1.54) is 0 Å². The van der Waals surface area contributed by atoms with Gasteiger partial charge in [0, 0.05) is 39.1 Å². The van der Waals surface area contributed by atoms with E-state index in [0.717, 1.165) is 0 Å². The second kappa shape index (κ2) is 20.6. The van der Waals surface area contributed by atoms with E-state index in [4.69, 9.17) is 29.5 Å². The second-order valence-corrected chi connectivity index (χ2v) is 7.08. The van der Waals surface area contributed by atoms with Gasteiger partial charge in [-0.05, 0) is 38.5 Å². The zero-order chi connectivity index (χ0) is 22.5. The van der Waals surface area contributed by atoms with Gasteiger partial charge in [0.2, 0.25) is 0 Å². The molecule has 0 spiro atoms. The lowest BCUT2D eigenvalue weighted by Gasteiger charge is -2.18. The topological polar surface area (TPSA) is 140 Å². The molecule has 0 aliphatic carbocycles. The molecular weight excluding hydrogens is 396 g/mol. The maximum atomic E-state index is 12.0. The molecule has 0 heterocycles. The molecule has 0 aliphatic heterocycles. The molecule has 0 saturated carbocycles. The maximum absolute atomic E-state index is 12.0. The van der Waals surface area contributed by atoms with Crippen LogP contribution in [-0.2, 0) is 28.6 Å². The summed E-state index contributed by atoms with van der Waals surface area (Å²) in [5.74, 6) is -1.35. The third-order valence-electron chi connectivity index (χ3n) is 4.28. The van der Waals surface area contributed by atoms with Gasteiger partial charge in [0.05, 0.1) is 0 Å². The van der Waals surface area contributed by atoms with Gasteiger partial charge in [0.25, 0.3) is 0 Å². The van der Waals surface area contributed by atoms with Crippen molar-refractivity contribution in [1.82, 2.24) is 0 Å². The van der Waals surface area contributed by atoms with Crippen LogP contribution in [0, 0.1) is 0 Å². The lowest BCUT2D eigenvalue weighted by atomic mass is 10.2. The zero-order valence-electron chi connectivity index (χ0n) is 17.9. The summed E-state index contributed by atoms with van der Waals surface area (Å²) < 4.78 is 15.6. The Morgan fingerprint density at radius 2 is 0.900 bits per heavy atom. The summed E-state index contributed by atoms with van der Waals surface area (Å²) in [4.78, 5) is 35.6. The van der Waals surface area contributed by atoms with Crippen LogP contribution >= 0.6 is 0 Å². The number of carbonyl (C=O) groups is 3. The van der Waals surface area contributed by atoms with E-state index < -0.39 is 24.0 Å². The largest absolute Gasteiger partial charge is 0.462 e. The summed E-state index contributed by atoms with van der Waals surface area (Å²) in [7, 11) is 0. The molecule has 9 heteroatoms. The van der Waals surface area contributed by atoms with Gasteiger partial charge in [-0.15, -0.1) is 0 Å². The molecule has 0 aliphatic rings. The Balaban J connectivity index is 4.37. The monoisotopic (exact) mass is 434 g/mol. The lowest BCUT2D eigenvalue weighted by Crippen LogP contribution is -2.30. The number of unbranched alkanes of at least 4 members (excludes halogenated alkanes) is 6. The fourth-order valence-electron chi connectivity index (χ4n) is 2.55. The number of esters is 3. The molecule has 0 fully saturated rings. The van der Waals surface area contributed by atoms with Gasteiger partial charge in [-0.25, -0.2) is 0 Å². The third-order valence-corrected chi connectivity index (χ3v) is 4.28. The van der Waals surface area contributed by atoms with Gasteiger partial charge in [0.1, 0.15) is 13.2 Å². The number of carbonyl (C=O) groups excluding carboxylic acids is 3. The van der Waals surface area contributed by atoms with Crippen molar-refractivity contribution in [2.75, 3.05) is 33.0 Å². The summed E-state index contributed by atoms with van der Waals surface area (Å²) in [5, 5.41) is 26.2. The summed E-state index contributed by atoms with van der Waals surface area (Å²) in [6.45, 7) is -0.161. The van der Waals surface area contributed by atoms with E-state index in [-0.39, 0.29) is 52.3 Å². The molecular formula is C21H38O9. The molecule has 0 amide bonds. The molecule has 176 valence electrons. The zero-order valence-corrected chi connectivity index (χ0v) is 17.9. The first-order valence-electron chi connectivity index (χ1n) is 10.9. The van der Waals surface area contributed by atoms with Gasteiger partial charge in [-0.2, -0.15) is 0 Å². The molecule has 3 N–H and O–H groups in total. The highest BCUT2D eigenvalue weighted by Crippen LogP contribution is 2.07. The standard InChI is InChI=1S/C21H38O9/c22-13-7-1-4-10-19(25)28-16-18(30-21(27)12-6-3-9-15-24)17-29-20(26)11-5-2-8-14-23/h18,22-24H,1-17H2. The number of rotatable bonds is 20. The van der Waals surface area contributed by atoms with Crippen LogP contribution in [0.1, 0.15) is 77.0 Å². The first-order chi connectivity index (χ1) is 14.5. The van der Waals surface area contributed by atoms with Crippen LogP contribution in [0.25, 0.3) is 0 Å². The van der Waals surface area contributed by atoms with Gasteiger partial charge >= 0.3 is 17.9 Å². The molecule has 0 unspecified atom stereocenters. The highest BCUT2D eigenvalue weighted by atomic mass is 16.6. The van der Waals surface area contributed by atoms with E-state index in [2.05, 4.69) is 0 Å². The minimum Gasteiger partial charge on any atom is -0.462 e. The molecule has 9 nitrogen and oxygen atoms in total. The second-order valence-electron chi connectivity index (χ2n) is 7.08. The van der Waals surface area contributed by atoms with E-state index in [0.29, 0.717) is 57.8 Å². The molecule has 30 heavy (non-hydrogen) atoms. The number of hydrogen-bond donors (Lipinski definition) is 3. The average molecular weight is 435 g/mol. The highest BCUT2D eigenvalue weighted by Gasteiger charge is 2.19. The van der Waals surface area contributed by atoms with E-state index >= 15 is 0 Å². The number of hydrogen-bond acceptors (Lipinski definition) is 9. The predicted molar refractivity (Wildman–Crippen MR) is 108 cm³/mol. The number of aliphatic hydroxyl groups is 3. The van der Waals surface area contributed by atoms with Crippen molar-refractivity contribution < 1.29 is 43.9 Å². The van der Waals surface area contributed by atoms with Crippen molar-refractivity contribution in [3.05, 3.63) is 0 Å². The van der Waals surface area contributed by atoms with E-state index in [1.54, 1.807) is 0 Å². The SMILES string of the molecule is O=C(CCCCCO)OCC(COC(=O)CCCCCO)OC(=O)CCCCCO. The summed E-state index contributed by atoms with van der Waals surface area (Å²) >= 11 is 0. The quantitative estimate of drug-likeness (QED) is 0.148. The fourth-order valence-corrected chi connectivity index (χ4v) is 2.55. The Morgan fingerprint density at radius 3 is 1.27 bits per heavy atom. The molecule has 0 bridgehead atoms. The Morgan fingerprint density at radius 1 is 0.533 bits per heavy atom. The van der Waals surface area contributed by atoms with Crippen LogP contribution in [0.5, 0.6) is 0 Å². The van der Waals surface area contributed by atoms with Crippen molar-refractivity contribution in [3.63, 3.8) is 0 Å². The van der Waals surface area contributed by atoms with E-state index in [1.807, 2.05) is 0 Å². The smallest absolute Gasteiger partial charge is 0.306 e. The van der Waals surface area contributed by atoms with Gasteiger partial charge in [0.15, 0.2) is 6.10 Å². The van der Waals surface area contributed by atoms with Crippen LogP contribution in [0.3, 0.4) is 0 Å². The van der Waals surface area contributed by atoms with Crippen LogP contribution in [0.4, 0.5) is 0 Å². The summed E-state index contributed by atoms with van der Waals surface area (Å²) in [6, 6.07) is 0. The van der Waals surface area contributed by atoms with Crippen LogP contribution in [0.2, 0.25) is 0 Å². The van der Waals surface area contributed by atoms with Gasteiger partial charge in [-0.1, -0.05) is 19.3 Å². The average Bonchev–Trinajstić information content (AvgIpc) is 2.73. The minimum absolute atomic E-state index is 0.0696. The first-order valence-corrected chi connectivity index (χ1v) is 10.9. The summed E-state index contributed by atoms with van der Waals surface area (Å²) in [5.41, 5.74) is 0. The molecule has 0 radical (unpaired) electrons. The Kier molecular flexibility index (Phi) is 19.4. The molecule has 0 aromatic heterocycles. The maximum Gasteiger partial charge on any atom is 0.306 e. The van der Waals surface area contributed by atoms with Crippen molar-refractivity contribution in [2.24, 2.45) is 0 Å². The van der Waals surface area contributed by atoms with Crippen molar-refractivity contribution in [2.45, 2.75) is 83.2 Å².